The molecule has 0 fully saturated rings. The fourth-order valence-corrected chi connectivity index (χ4v) is 10.1. The monoisotopic (exact) mass is 621 g/mol. The van der Waals surface area contributed by atoms with Crippen LogP contribution >= 0.6 is 22.7 Å². The van der Waals surface area contributed by atoms with Crippen molar-refractivity contribution in [3.05, 3.63) is 140 Å². The molecule has 0 atom stereocenters. The number of para-hydroxylation sites is 3. The summed E-state index contributed by atoms with van der Waals surface area (Å²) in [5, 5.41) is 10.1. The zero-order valence-electron chi connectivity index (χ0n) is 24.5. The topological polar surface area (TPSA) is 18.1 Å². The van der Waals surface area contributed by atoms with Gasteiger partial charge in [0.15, 0.2) is 0 Å². The van der Waals surface area contributed by atoms with E-state index in [2.05, 4.69) is 138 Å². The third-order valence-corrected chi connectivity index (χ3v) is 12.0. The highest BCUT2D eigenvalue weighted by molar-refractivity contribution is 7.27. The highest BCUT2D eigenvalue weighted by Gasteiger charge is 2.22. The molecule has 0 unspecified atom stereocenters. The average molecular weight is 622 g/mol. The molecule has 0 N–H and O–H groups in total. The standard InChI is InChI=1S/C42H23NOS2/c1-4-17-33-24(10-1)28-22-23-31-26-12-3-6-20-36(26)45-42(31)39(28)43(33)34-18-8-16-32-38-27(13-9-21-37(38)46-41(32)34)30-15-7-14-29-25-11-2-5-19-35(25)44-40(29)30/h1-23H. The van der Waals surface area contributed by atoms with Crippen LogP contribution in [0.1, 0.15) is 0 Å². The van der Waals surface area contributed by atoms with Crippen LogP contribution in [0.15, 0.2) is 144 Å². The molecule has 11 aromatic rings. The normalized spacial score (nSPS) is 12.3. The van der Waals surface area contributed by atoms with Crippen LogP contribution in [0.25, 0.3) is 101 Å². The van der Waals surface area contributed by atoms with E-state index in [1.807, 2.05) is 28.7 Å². The van der Waals surface area contributed by atoms with Gasteiger partial charge in [0.25, 0.3) is 0 Å². The van der Waals surface area contributed by atoms with E-state index in [9.17, 15) is 0 Å². The second-order valence-electron chi connectivity index (χ2n) is 12.0. The van der Waals surface area contributed by atoms with Gasteiger partial charge in [0, 0.05) is 58.1 Å². The molecule has 2 nitrogen and oxygen atoms in total. The van der Waals surface area contributed by atoms with Gasteiger partial charge in [-0.1, -0.05) is 109 Å². The molecule has 0 aliphatic carbocycles. The van der Waals surface area contributed by atoms with Crippen molar-refractivity contribution < 1.29 is 4.42 Å². The molecule has 0 saturated carbocycles. The molecular weight excluding hydrogens is 599 g/mol. The summed E-state index contributed by atoms with van der Waals surface area (Å²) in [6.45, 7) is 0. The van der Waals surface area contributed by atoms with Gasteiger partial charge < -0.3 is 8.98 Å². The number of thiophene rings is 2. The van der Waals surface area contributed by atoms with Crippen LogP contribution in [0, 0.1) is 0 Å². The largest absolute Gasteiger partial charge is 0.455 e. The predicted octanol–water partition coefficient (Wildman–Crippen LogP) is 13.1. The number of aromatic nitrogens is 1. The van der Waals surface area contributed by atoms with E-state index in [0.29, 0.717) is 0 Å². The maximum absolute atomic E-state index is 6.52. The number of hydrogen-bond donors (Lipinski definition) is 0. The summed E-state index contributed by atoms with van der Waals surface area (Å²) in [5.74, 6) is 0. The second-order valence-corrected chi connectivity index (χ2v) is 14.1. The molecule has 7 aromatic carbocycles. The SMILES string of the molecule is c1ccc2c(c1)oc1c(-c3cccc4sc5c(-n6c7ccccc7c7ccc8c9ccccc9sc8c76)cccc5c34)cccc12. The summed E-state index contributed by atoms with van der Waals surface area (Å²) in [6, 6.07) is 50.7. The van der Waals surface area contributed by atoms with Crippen LogP contribution in [0.4, 0.5) is 0 Å². The van der Waals surface area contributed by atoms with Crippen molar-refractivity contribution in [1.82, 2.24) is 4.57 Å². The zero-order chi connectivity index (χ0) is 29.9. The number of rotatable bonds is 2. The number of nitrogens with zero attached hydrogens (tertiary/aromatic N) is 1. The average Bonchev–Trinajstić information content (AvgIpc) is 3.86. The van der Waals surface area contributed by atoms with Crippen LogP contribution in [0.2, 0.25) is 0 Å². The van der Waals surface area contributed by atoms with Crippen molar-refractivity contribution >= 4 is 107 Å². The van der Waals surface area contributed by atoms with Gasteiger partial charge >= 0.3 is 0 Å². The van der Waals surface area contributed by atoms with E-state index in [0.717, 1.165) is 27.5 Å². The van der Waals surface area contributed by atoms with Gasteiger partial charge in [-0.25, -0.2) is 0 Å². The van der Waals surface area contributed by atoms with Gasteiger partial charge in [-0.2, -0.15) is 0 Å². The molecule has 0 aliphatic heterocycles. The Morgan fingerprint density at radius 2 is 1.11 bits per heavy atom. The third kappa shape index (κ3) is 3.20. The van der Waals surface area contributed by atoms with Crippen LogP contribution in [-0.2, 0) is 0 Å². The summed E-state index contributed by atoms with van der Waals surface area (Å²) in [4.78, 5) is 0. The van der Waals surface area contributed by atoms with Crippen molar-refractivity contribution in [2.24, 2.45) is 0 Å². The predicted molar refractivity (Wildman–Crippen MR) is 199 cm³/mol. The molecule has 46 heavy (non-hydrogen) atoms. The molecule has 0 saturated heterocycles. The Balaban J connectivity index is 1.26. The van der Waals surface area contributed by atoms with Crippen LogP contribution in [0.3, 0.4) is 0 Å². The molecule has 4 aromatic heterocycles. The lowest BCUT2D eigenvalue weighted by Gasteiger charge is -2.10. The maximum Gasteiger partial charge on any atom is 0.143 e. The van der Waals surface area contributed by atoms with Crippen molar-refractivity contribution in [2.75, 3.05) is 0 Å². The fraction of sp³-hybridized carbons (Fsp3) is 0. The Bertz CT molecular complexity index is 3040. The van der Waals surface area contributed by atoms with Gasteiger partial charge in [0.1, 0.15) is 11.2 Å². The van der Waals surface area contributed by atoms with Gasteiger partial charge in [0.05, 0.1) is 26.1 Å². The fourth-order valence-electron chi connectivity index (χ4n) is 7.67. The molecule has 0 amide bonds. The van der Waals surface area contributed by atoms with Crippen molar-refractivity contribution in [2.45, 2.75) is 0 Å². The van der Waals surface area contributed by atoms with Gasteiger partial charge in [-0.3, -0.25) is 0 Å². The minimum Gasteiger partial charge on any atom is -0.455 e. The zero-order valence-corrected chi connectivity index (χ0v) is 26.1. The van der Waals surface area contributed by atoms with E-state index >= 15 is 0 Å². The first-order chi connectivity index (χ1) is 22.8. The molecule has 0 aliphatic rings. The number of benzene rings is 7. The maximum atomic E-state index is 6.52. The molecule has 214 valence electrons. The molecule has 4 heterocycles. The lowest BCUT2D eigenvalue weighted by atomic mass is 9.97. The van der Waals surface area contributed by atoms with Crippen LogP contribution in [-0.4, -0.2) is 4.57 Å². The summed E-state index contributed by atoms with van der Waals surface area (Å²) in [7, 11) is 0. The van der Waals surface area contributed by atoms with E-state index in [1.54, 1.807) is 0 Å². The molecule has 0 radical (unpaired) electrons. The van der Waals surface area contributed by atoms with E-state index in [1.165, 1.54) is 73.4 Å². The van der Waals surface area contributed by atoms with Crippen molar-refractivity contribution in [1.29, 1.82) is 0 Å². The second kappa shape index (κ2) is 9.07. The summed E-state index contributed by atoms with van der Waals surface area (Å²) in [5.41, 5.74) is 7.96. The first-order valence-electron chi connectivity index (χ1n) is 15.5. The lowest BCUT2D eigenvalue weighted by molar-refractivity contribution is 0.670. The highest BCUT2D eigenvalue weighted by atomic mass is 32.1. The van der Waals surface area contributed by atoms with E-state index in [4.69, 9.17) is 4.42 Å². The lowest BCUT2D eigenvalue weighted by Crippen LogP contribution is -1.94. The summed E-state index contributed by atoms with van der Waals surface area (Å²) in [6.07, 6.45) is 0. The number of furan rings is 1. The quantitative estimate of drug-likeness (QED) is 0.188. The van der Waals surface area contributed by atoms with Crippen LogP contribution < -0.4 is 0 Å². The van der Waals surface area contributed by atoms with E-state index in [-0.39, 0.29) is 0 Å². The van der Waals surface area contributed by atoms with Crippen LogP contribution in [0.5, 0.6) is 0 Å². The molecular formula is C42H23NOS2. The molecule has 0 bridgehead atoms. The van der Waals surface area contributed by atoms with Gasteiger partial charge in [-0.15, -0.1) is 22.7 Å². The highest BCUT2D eigenvalue weighted by Crippen LogP contribution is 2.48. The Morgan fingerprint density at radius 3 is 2.07 bits per heavy atom. The Hall–Kier alpha value is -5.42. The third-order valence-electron chi connectivity index (χ3n) is 9.62. The minimum atomic E-state index is 0.925. The molecule has 11 rings (SSSR count). The first kappa shape index (κ1) is 24.8. The van der Waals surface area contributed by atoms with Gasteiger partial charge in [0.2, 0.25) is 0 Å². The number of hydrogen-bond acceptors (Lipinski definition) is 3. The van der Waals surface area contributed by atoms with Crippen molar-refractivity contribution in [3.8, 4) is 16.8 Å². The number of fused-ring (bicyclic) bond motifs is 13. The Labute approximate surface area is 270 Å². The Kier molecular flexibility index (Phi) is 4.90. The Morgan fingerprint density at radius 1 is 0.435 bits per heavy atom. The molecule has 0 spiro atoms. The van der Waals surface area contributed by atoms with Crippen molar-refractivity contribution in [3.63, 3.8) is 0 Å². The summed E-state index contributed by atoms with van der Waals surface area (Å²) < 4.78 is 14.3. The smallest absolute Gasteiger partial charge is 0.143 e. The minimum absolute atomic E-state index is 0.925. The first-order valence-corrected chi connectivity index (χ1v) is 17.2. The molecule has 4 heteroatoms. The van der Waals surface area contributed by atoms with Gasteiger partial charge in [-0.05, 0) is 35.9 Å². The summed E-state index contributed by atoms with van der Waals surface area (Å²) >= 11 is 3.79. The van der Waals surface area contributed by atoms with E-state index < -0.39 is 0 Å².